The quantitative estimate of drug-likeness (QED) is 0.382. The Morgan fingerprint density at radius 3 is 1.78 bits per heavy atom. The normalized spacial score (nSPS) is 17.7. The van der Waals surface area contributed by atoms with Gasteiger partial charge in [-0.1, -0.05) is 97.9 Å². The maximum Gasteiger partial charge on any atom is 0.115 e. The van der Waals surface area contributed by atoms with E-state index in [4.69, 9.17) is 0 Å². The lowest BCUT2D eigenvalue weighted by molar-refractivity contribution is 0.329. The van der Waals surface area contributed by atoms with Crippen molar-refractivity contribution < 1.29 is 10.2 Å². The molecular weight excluding hydrogens is 392 g/mol. The van der Waals surface area contributed by atoms with E-state index < -0.39 is 10.8 Å². The van der Waals surface area contributed by atoms with Gasteiger partial charge in [0.1, 0.15) is 11.5 Å². The van der Waals surface area contributed by atoms with Crippen LogP contribution in [-0.4, -0.2) is 10.2 Å². The van der Waals surface area contributed by atoms with Crippen LogP contribution in [0.25, 0.3) is 6.08 Å². The van der Waals surface area contributed by atoms with E-state index in [2.05, 4.69) is 73.7 Å². The Morgan fingerprint density at radius 1 is 0.656 bits per heavy atom. The molecule has 0 aromatic heterocycles. The third-order valence-corrected chi connectivity index (χ3v) is 7.15. The largest absolute Gasteiger partial charge is 0.508 e. The molecule has 5 rings (SSSR count). The van der Waals surface area contributed by atoms with Crippen molar-refractivity contribution in [2.75, 3.05) is 0 Å². The van der Waals surface area contributed by atoms with Crippen LogP contribution in [0.4, 0.5) is 0 Å². The Morgan fingerprint density at radius 2 is 1.19 bits per heavy atom. The van der Waals surface area contributed by atoms with Crippen molar-refractivity contribution in [3.05, 3.63) is 137 Å². The molecule has 1 atom stereocenters. The van der Waals surface area contributed by atoms with E-state index in [-0.39, 0.29) is 11.5 Å². The molecule has 1 unspecified atom stereocenters. The molecule has 0 saturated carbocycles. The van der Waals surface area contributed by atoms with Gasteiger partial charge in [-0.25, -0.2) is 0 Å². The molecule has 4 aromatic carbocycles. The molecule has 158 valence electrons. The van der Waals surface area contributed by atoms with Crippen LogP contribution in [0, 0.1) is 0 Å². The van der Waals surface area contributed by atoms with Gasteiger partial charge in [-0.15, -0.1) is 0 Å². The SMILES string of the molecule is CC(c1ccc(O)cc1)(c1ccc(O)cc1)C1(c2ccccc2)CC=Cc2ccccc21. The Bertz CT molecular complexity index is 1210. The highest BCUT2D eigenvalue weighted by atomic mass is 16.3. The lowest BCUT2D eigenvalue weighted by Gasteiger charge is -2.52. The second kappa shape index (κ2) is 7.72. The zero-order valence-corrected chi connectivity index (χ0v) is 18.1. The van der Waals surface area contributed by atoms with E-state index in [0.29, 0.717) is 0 Å². The first kappa shape index (κ1) is 20.1. The molecule has 1 aliphatic carbocycles. The van der Waals surface area contributed by atoms with Gasteiger partial charge in [0.15, 0.2) is 0 Å². The van der Waals surface area contributed by atoms with E-state index in [9.17, 15) is 10.2 Å². The molecule has 32 heavy (non-hydrogen) atoms. The van der Waals surface area contributed by atoms with Gasteiger partial charge in [0.05, 0.1) is 0 Å². The van der Waals surface area contributed by atoms with Crippen LogP contribution in [0.1, 0.15) is 41.2 Å². The van der Waals surface area contributed by atoms with Gasteiger partial charge in [0.2, 0.25) is 0 Å². The Labute approximate surface area is 189 Å². The summed E-state index contributed by atoms with van der Waals surface area (Å²) in [5.74, 6) is 0.499. The van der Waals surface area contributed by atoms with Crippen molar-refractivity contribution in [1.82, 2.24) is 0 Å². The predicted octanol–water partition coefficient (Wildman–Crippen LogP) is 6.81. The molecule has 4 aromatic rings. The number of rotatable bonds is 4. The zero-order valence-electron chi connectivity index (χ0n) is 18.1. The molecule has 0 aliphatic heterocycles. The van der Waals surface area contributed by atoms with E-state index in [0.717, 1.165) is 17.5 Å². The number of benzene rings is 4. The van der Waals surface area contributed by atoms with Crippen molar-refractivity contribution in [2.45, 2.75) is 24.2 Å². The molecule has 0 radical (unpaired) electrons. The Balaban J connectivity index is 1.91. The molecule has 2 nitrogen and oxygen atoms in total. The molecule has 0 fully saturated rings. The second-order valence-corrected chi connectivity index (χ2v) is 8.68. The third kappa shape index (κ3) is 2.95. The minimum absolute atomic E-state index is 0.250. The standard InChI is InChI=1S/C30H26O2/c1-29(23-13-17-26(31)18-14-23,24-15-19-27(32)20-16-24)30(25-10-3-2-4-11-25)21-7-9-22-8-5-6-12-28(22)30/h2-20,31-32H,21H2,1H3. The smallest absolute Gasteiger partial charge is 0.115 e. The van der Waals surface area contributed by atoms with Crippen molar-refractivity contribution >= 4 is 6.08 Å². The molecule has 1 aliphatic rings. The van der Waals surface area contributed by atoms with E-state index in [1.165, 1.54) is 16.7 Å². The lowest BCUT2D eigenvalue weighted by atomic mass is 9.50. The summed E-state index contributed by atoms with van der Waals surface area (Å²) in [6.45, 7) is 2.29. The number of allylic oxidation sites excluding steroid dienone is 1. The first-order valence-corrected chi connectivity index (χ1v) is 11.0. The molecule has 2 heteroatoms. The summed E-state index contributed by atoms with van der Waals surface area (Å²) in [6, 6.07) is 34.4. The first-order chi connectivity index (χ1) is 15.6. The molecule has 2 N–H and O–H groups in total. The second-order valence-electron chi connectivity index (χ2n) is 8.68. The van der Waals surface area contributed by atoms with Crippen LogP contribution < -0.4 is 0 Å². The van der Waals surface area contributed by atoms with Crippen molar-refractivity contribution in [2.24, 2.45) is 0 Å². The van der Waals surface area contributed by atoms with Crippen molar-refractivity contribution in [3.63, 3.8) is 0 Å². The minimum atomic E-state index is -0.489. The lowest BCUT2D eigenvalue weighted by Crippen LogP contribution is -2.50. The van der Waals surface area contributed by atoms with Crippen LogP contribution in [0.5, 0.6) is 11.5 Å². The van der Waals surface area contributed by atoms with E-state index in [1.54, 1.807) is 24.3 Å². The summed E-state index contributed by atoms with van der Waals surface area (Å²) in [5.41, 5.74) is 5.05. The Hall–Kier alpha value is -3.78. The van der Waals surface area contributed by atoms with Gasteiger partial charge in [-0.05, 0) is 58.5 Å². The van der Waals surface area contributed by atoms with Crippen LogP contribution in [-0.2, 0) is 10.8 Å². The molecule has 0 bridgehead atoms. The van der Waals surface area contributed by atoms with E-state index >= 15 is 0 Å². The van der Waals surface area contributed by atoms with Gasteiger partial charge in [0.25, 0.3) is 0 Å². The van der Waals surface area contributed by atoms with Crippen molar-refractivity contribution in [1.29, 1.82) is 0 Å². The van der Waals surface area contributed by atoms with Crippen LogP contribution in [0.15, 0.2) is 109 Å². The fraction of sp³-hybridized carbons (Fsp3) is 0.133. The predicted molar refractivity (Wildman–Crippen MR) is 130 cm³/mol. The number of hydrogen-bond acceptors (Lipinski definition) is 2. The summed E-state index contributed by atoms with van der Waals surface area (Å²) in [5, 5.41) is 20.1. The average Bonchev–Trinajstić information content (AvgIpc) is 2.84. The zero-order chi connectivity index (χ0) is 22.2. The number of hydrogen-bond donors (Lipinski definition) is 2. The summed E-state index contributed by atoms with van der Waals surface area (Å²) in [6.07, 6.45) is 5.31. The molecule has 0 spiro atoms. The Kier molecular flexibility index (Phi) is 4.86. The summed E-state index contributed by atoms with van der Waals surface area (Å²) < 4.78 is 0. The summed E-state index contributed by atoms with van der Waals surface area (Å²) in [4.78, 5) is 0. The highest BCUT2D eigenvalue weighted by Gasteiger charge is 2.53. The number of aromatic hydroxyl groups is 2. The minimum Gasteiger partial charge on any atom is -0.508 e. The number of fused-ring (bicyclic) bond motifs is 1. The highest BCUT2D eigenvalue weighted by molar-refractivity contribution is 5.67. The third-order valence-electron chi connectivity index (χ3n) is 7.15. The van der Waals surface area contributed by atoms with Gasteiger partial charge >= 0.3 is 0 Å². The van der Waals surface area contributed by atoms with Crippen LogP contribution >= 0.6 is 0 Å². The maximum atomic E-state index is 10.0. The molecule has 0 heterocycles. The fourth-order valence-corrected chi connectivity index (χ4v) is 5.51. The topological polar surface area (TPSA) is 40.5 Å². The number of phenolic OH excluding ortho intramolecular Hbond substituents is 2. The molecule has 0 amide bonds. The highest BCUT2D eigenvalue weighted by Crippen LogP contribution is 2.57. The fourth-order valence-electron chi connectivity index (χ4n) is 5.51. The molecule has 0 saturated heterocycles. The maximum absolute atomic E-state index is 10.0. The van der Waals surface area contributed by atoms with Gasteiger partial charge in [0, 0.05) is 10.8 Å². The van der Waals surface area contributed by atoms with Crippen LogP contribution in [0.2, 0.25) is 0 Å². The van der Waals surface area contributed by atoms with Crippen LogP contribution in [0.3, 0.4) is 0 Å². The van der Waals surface area contributed by atoms with Gasteiger partial charge < -0.3 is 10.2 Å². The number of phenols is 2. The first-order valence-electron chi connectivity index (χ1n) is 11.0. The van der Waals surface area contributed by atoms with Gasteiger partial charge in [-0.2, -0.15) is 0 Å². The average molecular weight is 419 g/mol. The monoisotopic (exact) mass is 418 g/mol. The van der Waals surface area contributed by atoms with Crippen molar-refractivity contribution in [3.8, 4) is 11.5 Å². The van der Waals surface area contributed by atoms with E-state index in [1.807, 2.05) is 24.3 Å². The summed E-state index contributed by atoms with van der Waals surface area (Å²) >= 11 is 0. The summed E-state index contributed by atoms with van der Waals surface area (Å²) in [7, 11) is 0. The van der Waals surface area contributed by atoms with Gasteiger partial charge in [-0.3, -0.25) is 0 Å². The molecular formula is C30H26O2.